The number of hydrogen-bond donors (Lipinski definition) is 5. The van der Waals surface area contributed by atoms with E-state index in [1.165, 1.54) is 40.6 Å². The van der Waals surface area contributed by atoms with Gasteiger partial charge in [-0.2, -0.15) is 4.31 Å². The number of amides is 2. The van der Waals surface area contributed by atoms with Gasteiger partial charge < -0.3 is 31.3 Å². The SMILES string of the molecule is CC(C)CN(C[C@@H](O)[C@H](Cc1ccccc1)NC(=O)C(NC(=O)CNCc1cccc(F)c1)C(C)(C)C)S(=O)(=O)c1ccc2nc(NCCN3CCCC3)sc2c1. The molecule has 1 aliphatic heterocycles. The van der Waals surface area contributed by atoms with Crippen molar-refractivity contribution in [1.82, 2.24) is 30.1 Å². The van der Waals surface area contributed by atoms with Crippen molar-refractivity contribution in [1.29, 1.82) is 0 Å². The molecule has 5 rings (SSSR count). The van der Waals surface area contributed by atoms with E-state index in [1.807, 2.05) is 65.0 Å². The third-order valence-corrected chi connectivity index (χ3v) is 12.7. The Morgan fingerprint density at radius 1 is 0.965 bits per heavy atom. The van der Waals surface area contributed by atoms with Crippen molar-refractivity contribution in [3.8, 4) is 0 Å². The number of carbonyl (C=O) groups excluding carboxylic acids is 2. The number of fused-ring (bicyclic) bond motifs is 1. The molecule has 2 amide bonds. The molecule has 1 unspecified atom stereocenters. The van der Waals surface area contributed by atoms with Crippen LogP contribution in [-0.4, -0.2) is 104 Å². The van der Waals surface area contributed by atoms with Crippen molar-refractivity contribution < 1.29 is 27.5 Å². The first kappa shape index (κ1) is 44.1. The molecule has 1 aliphatic rings. The predicted molar refractivity (Wildman–Crippen MR) is 225 cm³/mol. The molecule has 57 heavy (non-hydrogen) atoms. The second-order valence-electron chi connectivity index (χ2n) is 16.3. The van der Waals surface area contributed by atoms with Gasteiger partial charge >= 0.3 is 0 Å². The van der Waals surface area contributed by atoms with E-state index >= 15 is 0 Å². The zero-order valence-corrected chi connectivity index (χ0v) is 35.3. The van der Waals surface area contributed by atoms with Crippen LogP contribution in [0.25, 0.3) is 10.2 Å². The van der Waals surface area contributed by atoms with E-state index in [9.17, 15) is 27.5 Å². The van der Waals surface area contributed by atoms with E-state index in [2.05, 4.69) is 31.2 Å². The summed E-state index contributed by atoms with van der Waals surface area (Å²) in [5, 5.41) is 24.8. The van der Waals surface area contributed by atoms with Crippen LogP contribution in [0.1, 0.15) is 58.6 Å². The first-order valence-corrected chi connectivity index (χ1v) is 22.0. The van der Waals surface area contributed by atoms with Gasteiger partial charge in [-0.3, -0.25) is 9.59 Å². The van der Waals surface area contributed by atoms with Crippen molar-refractivity contribution in [3.63, 3.8) is 0 Å². The molecule has 3 aromatic carbocycles. The minimum atomic E-state index is -4.10. The van der Waals surface area contributed by atoms with Crippen LogP contribution in [-0.2, 0) is 32.6 Å². The highest BCUT2D eigenvalue weighted by Gasteiger charge is 2.37. The Morgan fingerprint density at radius 3 is 2.37 bits per heavy atom. The largest absolute Gasteiger partial charge is 0.390 e. The molecule has 1 saturated heterocycles. The highest BCUT2D eigenvalue weighted by molar-refractivity contribution is 7.89. The fourth-order valence-corrected chi connectivity index (χ4v) is 9.56. The van der Waals surface area contributed by atoms with Crippen LogP contribution in [0.5, 0.6) is 0 Å². The van der Waals surface area contributed by atoms with Gasteiger partial charge in [0, 0.05) is 32.7 Å². The van der Waals surface area contributed by atoms with Crippen molar-refractivity contribution in [2.75, 3.05) is 51.1 Å². The second-order valence-corrected chi connectivity index (χ2v) is 19.3. The molecule has 2 heterocycles. The number of thiazole rings is 1. The Morgan fingerprint density at radius 2 is 1.68 bits per heavy atom. The molecular formula is C42H58FN7O5S2. The number of rotatable bonds is 20. The highest BCUT2D eigenvalue weighted by Crippen LogP contribution is 2.30. The molecule has 1 aromatic heterocycles. The fourth-order valence-electron chi connectivity index (χ4n) is 6.90. The molecule has 5 N–H and O–H groups in total. The number of aromatic nitrogens is 1. The number of sulfonamides is 1. The van der Waals surface area contributed by atoms with Gasteiger partial charge in [0.15, 0.2) is 5.13 Å². The van der Waals surface area contributed by atoms with E-state index < -0.39 is 45.4 Å². The zero-order chi connectivity index (χ0) is 41.2. The number of anilines is 1. The normalized spacial score (nSPS) is 15.5. The molecule has 0 spiro atoms. The number of aliphatic hydroxyl groups is 1. The molecule has 0 bridgehead atoms. The average Bonchev–Trinajstić information content (AvgIpc) is 3.83. The van der Waals surface area contributed by atoms with Gasteiger partial charge in [-0.25, -0.2) is 17.8 Å². The lowest BCUT2D eigenvalue weighted by molar-refractivity contribution is -0.132. The predicted octanol–water partition coefficient (Wildman–Crippen LogP) is 5.00. The Hall–Kier alpha value is -3.99. The molecular weight excluding hydrogens is 766 g/mol. The average molecular weight is 824 g/mol. The molecule has 310 valence electrons. The summed E-state index contributed by atoms with van der Waals surface area (Å²) in [6, 6.07) is 18.4. The number of likely N-dealkylation sites (tertiary alicyclic amines) is 1. The zero-order valence-electron chi connectivity index (χ0n) is 33.6. The molecule has 0 radical (unpaired) electrons. The summed E-state index contributed by atoms with van der Waals surface area (Å²) in [6.07, 6.45) is 1.35. The molecule has 0 aliphatic carbocycles. The monoisotopic (exact) mass is 823 g/mol. The first-order chi connectivity index (χ1) is 27.1. The first-order valence-electron chi connectivity index (χ1n) is 19.7. The highest BCUT2D eigenvalue weighted by atomic mass is 32.2. The van der Waals surface area contributed by atoms with Crippen molar-refractivity contribution in [2.24, 2.45) is 11.3 Å². The maximum absolute atomic E-state index is 14.3. The van der Waals surface area contributed by atoms with Gasteiger partial charge in [-0.15, -0.1) is 0 Å². The Balaban J connectivity index is 1.30. The van der Waals surface area contributed by atoms with Gasteiger partial charge in [0.05, 0.1) is 33.8 Å². The van der Waals surface area contributed by atoms with Crippen molar-refractivity contribution in [2.45, 2.75) is 83.5 Å². The molecule has 0 saturated carbocycles. The number of halogens is 1. The smallest absolute Gasteiger partial charge is 0.243 e. The number of benzene rings is 3. The van der Waals surface area contributed by atoms with Gasteiger partial charge in [0.25, 0.3) is 0 Å². The number of aliphatic hydroxyl groups excluding tert-OH is 1. The van der Waals surface area contributed by atoms with E-state index in [-0.39, 0.29) is 49.2 Å². The van der Waals surface area contributed by atoms with E-state index in [0.717, 1.165) is 41.6 Å². The number of nitrogens with zero attached hydrogens (tertiary/aromatic N) is 3. The van der Waals surface area contributed by atoms with Gasteiger partial charge in [-0.05, 0) is 85.1 Å². The van der Waals surface area contributed by atoms with Crippen LogP contribution in [0.2, 0.25) is 0 Å². The topological polar surface area (TPSA) is 156 Å². The number of carbonyl (C=O) groups is 2. The molecule has 1 fully saturated rings. The standard InChI is InChI=1S/C42H58FN7O5S2/c1-29(2)27-50(57(54,55)33-16-17-34-37(24-33)56-41(47-34)45-18-21-49-19-9-10-20-49)28-36(51)35(23-30-12-7-6-8-13-30)46-40(53)39(42(3,4)5)48-38(52)26-44-25-31-14-11-15-32(43)22-31/h6-8,11-17,22,24,29,35-36,39,44,51H,9-10,18-21,23,25-28H2,1-5H3,(H,45,47)(H,46,53)(H,48,52)/t35-,36+,39?/m0/s1. The number of nitrogens with one attached hydrogen (secondary N) is 4. The summed E-state index contributed by atoms with van der Waals surface area (Å²) in [5.41, 5.74) is 1.48. The van der Waals surface area contributed by atoms with Gasteiger partial charge in [0.1, 0.15) is 11.9 Å². The molecule has 4 aromatic rings. The van der Waals surface area contributed by atoms with Crippen LogP contribution >= 0.6 is 11.3 Å². The Kier molecular flexibility index (Phi) is 15.6. The maximum Gasteiger partial charge on any atom is 0.243 e. The fraction of sp³-hybridized carbons (Fsp3) is 0.500. The van der Waals surface area contributed by atoms with Crippen LogP contribution < -0.4 is 21.3 Å². The maximum atomic E-state index is 14.3. The molecule has 12 nitrogen and oxygen atoms in total. The lowest BCUT2D eigenvalue weighted by Crippen LogP contribution is -2.59. The third kappa shape index (κ3) is 13.0. The van der Waals surface area contributed by atoms with Crippen LogP contribution in [0, 0.1) is 17.2 Å². The van der Waals surface area contributed by atoms with Crippen molar-refractivity contribution >= 4 is 48.5 Å². The third-order valence-electron chi connectivity index (χ3n) is 9.89. The minimum absolute atomic E-state index is 0.0670. The second kappa shape index (κ2) is 20.1. The summed E-state index contributed by atoms with van der Waals surface area (Å²) >= 11 is 1.41. The summed E-state index contributed by atoms with van der Waals surface area (Å²) in [4.78, 5) is 34.3. The molecule has 15 heteroatoms. The molecule has 3 atom stereocenters. The summed E-state index contributed by atoms with van der Waals surface area (Å²) in [5.74, 6) is -1.39. The summed E-state index contributed by atoms with van der Waals surface area (Å²) < 4.78 is 44.3. The van der Waals surface area contributed by atoms with Gasteiger partial charge in [0.2, 0.25) is 21.8 Å². The van der Waals surface area contributed by atoms with Crippen LogP contribution in [0.3, 0.4) is 0 Å². The van der Waals surface area contributed by atoms with E-state index in [0.29, 0.717) is 11.1 Å². The quantitative estimate of drug-likeness (QED) is 0.0829. The van der Waals surface area contributed by atoms with Crippen molar-refractivity contribution in [3.05, 3.63) is 89.7 Å². The minimum Gasteiger partial charge on any atom is -0.390 e. The lowest BCUT2D eigenvalue weighted by Gasteiger charge is -2.34. The Labute approximate surface area is 340 Å². The lowest BCUT2D eigenvalue weighted by atomic mass is 9.85. The van der Waals surface area contributed by atoms with Crippen LogP contribution in [0.15, 0.2) is 77.7 Å². The van der Waals surface area contributed by atoms with Gasteiger partial charge in [-0.1, -0.05) is 88.4 Å². The van der Waals surface area contributed by atoms with E-state index in [1.54, 1.807) is 30.3 Å². The van der Waals surface area contributed by atoms with Crippen LogP contribution in [0.4, 0.5) is 9.52 Å². The number of hydrogen-bond acceptors (Lipinski definition) is 10. The summed E-state index contributed by atoms with van der Waals surface area (Å²) in [7, 11) is -4.10. The Bertz CT molecular complexity index is 2030. The van der Waals surface area contributed by atoms with E-state index in [4.69, 9.17) is 0 Å². The summed E-state index contributed by atoms with van der Waals surface area (Å²) in [6.45, 7) is 13.2.